The molecule has 7 amide bonds. The Hall–Kier alpha value is -4.56. The van der Waals surface area contributed by atoms with Gasteiger partial charge in [-0.25, -0.2) is 4.79 Å². The van der Waals surface area contributed by atoms with Crippen LogP contribution in [0.2, 0.25) is 0 Å². The van der Waals surface area contributed by atoms with Gasteiger partial charge in [-0.15, -0.1) is 0 Å². The third kappa shape index (κ3) is 13.7. The van der Waals surface area contributed by atoms with Crippen molar-refractivity contribution < 1.29 is 48.6 Å². The maximum atomic E-state index is 13.7. The minimum Gasteiger partial charge on any atom is -0.508 e. The number of phenols is 1. The molecule has 0 aromatic heterocycles. The number of carboxylic acid groups (broad SMARTS) is 1. The van der Waals surface area contributed by atoms with Crippen LogP contribution in [0, 0.1) is 5.92 Å². The number of nitrogens with one attached hydrogen (secondary N) is 5. The third-order valence-corrected chi connectivity index (χ3v) is 10.1. The van der Waals surface area contributed by atoms with E-state index in [0.29, 0.717) is 12.0 Å². The standard InChI is InChI=1S/C30H44N8O10S2/c1-3-14(2)24-29(46)34-18(8-9-22(32)40)26(43)36-20(11-23(33)41)27(44)37-21(30(47)48)13-50-49-12-17(31)25(42)35-19(28(45)38-24)10-15-4-6-16(39)7-5-15/h4-7,14,17-21,24,39H,3,8-13,31H2,1-2H3,(H2,32,40)(H2,33,41)(H,34,46)(H,35,42)(H,36,43)(H,37,44)(H,38,45)(H,47,48)/t14-,17-,18?,19-,20-,21-,24-/m0/s1. The van der Waals surface area contributed by atoms with Crippen LogP contribution in [0.15, 0.2) is 24.3 Å². The molecule has 13 N–H and O–H groups in total. The molecule has 1 aromatic rings. The van der Waals surface area contributed by atoms with Crippen molar-refractivity contribution in [3.05, 3.63) is 29.8 Å². The number of primary amides is 2. The minimum atomic E-state index is -1.67. The van der Waals surface area contributed by atoms with Crippen LogP contribution in [0.1, 0.15) is 45.1 Å². The fourth-order valence-electron chi connectivity index (χ4n) is 4.57. The predicted molar refractivity (Wildman–Crippen MR) is 184 cm³/mol. The van der Waals surface area contributed by atoms with E-state index < -0.39 is 95.9 Å². The van der Waals surface area contributed by atoms with Crippen LogP contribution < -0.4 is 43.8 Å². The first-order valence-electron chi connectivity index (χ1n) is 15.6. The molecular formula is C30H44N8O10S2. The molecule has 1 unspecified atom stereocenters. The van der Waals surface area contributed by atoms with Crippen LogP contribution >= 0.6 is 21.6 Å². The van der Waals surface area contributed by atoms with E-state index in [-0.39, 0.29) is 36.5 Å². The summed E-state index contributed by atoms with van der Waals surface area (Å²) in [5.41, 5.74) is 17.2. The highest BCUT2D eigenvalue weighted by atomic mass is 33.1. The number of nitrogens with two attached hydrogens (primary N) is 3. The van der Waals surface area contributed by atoms with E-state index in [1.807, 2.05) is 0 Å². The lowest BCUT2D eigenvalue weighted by Crippen LogP contribution is -2.61. The molecule has 0 bridgehead atoms. The molecule has 1 heterocycles. The summed E-state index contributed by atoms with van der Waals surface area (Å²) in [6, 6.07) is -2.50. The van der Waals surface area contributed by atoms with E-state index in [1.54, 1.807) is 26.0 Å². The number of aliphatic carboxylic acids is 1. The average molecular weight is 741 g/mol. The van der Waals surface area contributed by atoms with Crippen molar-refractivity contribution >= 4 is 68.9 Å². The molecule has 18 nitrogen and oxygen atoms in total. The maximum Gasteiger partial charge on any atom is 0.327 e. The maximum absolute atomic E-state index is 13.7. The number of hydrogen-bond acceptors (Lipinski definition) is 12. The van der Waals surface area contributed by atoms with E-state index in [4.69, 9.17) is 17.2 Å². The van der Waals surface area contributed by atoms with E-state index in [0.717, 1.165) is 21.6 Å². The average Bonchev–Trinajstić information content (AvgIpc) is 3.05. The molecule has 0 saturated carbocycles. The van der Waals surface area contributed by atoms with Crippen LogP contribution in [0.5, 0.6) is 5.75 Å². The molecule has 1 aromatic carbocycles. The summed E-state index contributed by atoms with van der Waals surface area (Å²) in [5.74, 6) is -8.51. The lowest BCUT2D eigenvalue weighted by atomic mass is 9.96. The molecule has 0 spiro atoms. The summed E-state index contributed by atoms with van der Waals surface area (Å²) in [6.45, 7) is 3.41. The first kappa shape index (κ1) is 41.6. The summed E-state index contributed by atoms with van der Waals surface area (Å²) in [6.07, 6.45) is -1.16. The van der Waals surface area contributed by atoms with Crippen molar-refractivity contribution in [2.75, 3.05) is 11.5 Å². The predicted octanol–water partition coefficient (Wildman–Crippen LogP) is -2.65. The van der Waals surface area contributed by atoms with E-state index in [9.17, 15) is 48.6 Å². The normalized spacial score (nSPS) is 25.5. The van der Waals surface area contributed by atoms with Gasteiger partial charge in [0.1, 0.15) is 36.0 Å². The highest BCUT2D eigenvalue weighted by Crippen LogP contribution is 2.23. The Kier molecular flexibility index (Phi) is 16.8. The van der Waals surface area contributed by atoms with Gasteiger partial charge in [-0.2, -0.15) is 0 Å². The summed E-state index contributed by atoms with van der Waals surface area (Å²) < 4.78 is 0. The van der Waals surface area contributed by atoms with E-state index in [2.05, 4.69) is 26.6 Å². The van der Waals surface area contributed by atoms with Gasteiger partial charge in [-0.1, -0.05) is 54.0 Å². The van der Waals surface area contributed by atoms with E-state index in [1.165, 1.54) is 12.1 Å². The Bertz CT molecular complexity index is 1420. The van der Waals surface area contributed by atoms with Gasteiger partial charge in [0, 0.05) is 24.3 Å². The van der Waals surface area contributed by atoms with Crippen molar-refractivity contribution in [1.29, 1.82) is 0 Å². The molecule has 1 aliphatic rings. The van der Waals surface area contributed by atoms with E-state index >= 15 is 0 Å². The second-order valence-electron chi connectivity index (χ2n) is 11.7. The van der Waals surface area contributed by atoms with Crippen LogP contribution in [-0.4, -0.2) is 105 Å². The lowest BCUT2D eigenvalue weighted by Gasteiger charge is -2.29. The quantitative estimate of drug-likeness (QED) is 0.110. The molecule has 276 valence electrons. The van der Waals surface area contributed by atoms with Crippen molar-refractivity contribution in [3.63, 3.8) is 0 Å². The topological polar surface area (TPSA) is 315 Å². The Morgan fingerprint density at radius 1 is 0.800 bits per heavy atom. The molecular weight excluding hydrogens is 697 g/mol. The molecule has 1 aliphatic heterocycles. The van der Waals surface area contributed by atoms with Crippen molar-refractivity contribution in [2.24, 2.45) is 23.1 Å². The highest BCUT2D eigenvalue weighted by Gasteiger charge is 2.35. The molecule has 1 fully saturated rings. The molecule has 20 heteroatoms. The monoisotopic (exact) mass is 740 g/mol. The van der Waals surface area contributed by atoms with Crippen LogP contribution in [-0.2, 0) is 44.8 Å². The molecule has 0 aliphatic carbocycles. The number of carbonyl (C=O) groups excluding carboxylic acids is 7. The summed E-state index contributed by atoms with van der Waals surface area (Å²) in [5, 5.41) is 31.7. The molecule has 2 rings (SSSR count). The zero-order valence-corrected chi connectivity index (χ0v) is 29.1. The second kappa shape index (κ2) is 20.2. The SMILES string of the molecule is CC[C@H](C)[C@@H]1NC(=O)[C@H](Cc2ccc(O)cc2)NC(=O)[C@@H](N)CSSC[C@@H](C(=O)O)NC(=O)[C@H](CC(N)=O)NC(=O)C(CCC(N)=O)NC1=O. The molecule has 50 heavy (non-hydrogen) atoms. The van der Waals surface area contributed by atoms with Crippen LogP contribution in [0.25, 0.3) is 0 Å². The first-order chi connectivity index (χ1) is 23.5. The summed E-state index contributed by atoms with van der Waals surface area (Å²) in [7, 11) is 2.00. The van der Waals surface area contributed by atoms with Crippen molar-refractivity contribution in [1.82, 2.24) is 26.6 Å². The Morgan fingerprint density at radius 2 is 1.36 bits per heavy atom. The fraction of sp³-hybridized carbons (Fsp3) is 0.533. The highest BCUT2D eigenvalue weighted by molar-refractivity contribution is 8.76. The van der Waals surface area contributed by atoms with Crippen molar-refractivity contribution in [2.45, 2.75) is 82.2 Å². The number of rotatable bonds is 10. The van der Waals surface area contributed by atoms with Gasteiger partial charge in [-0.05, 0) is 30.0 Å². The Labute approximate surface area is 295 Å². The van der Waals surface area contributed by atoms with Gasteiger partial charge < -0.3 is 54.0 Å². The third-order valence-electron chi connectivity index (χ3n) is 7.67. The Balaban J connectivity index is 2.55. The number of carbonyl (C=O) groups is 8. The first-order valence-corrected chi connectivity index (χ1v) is 18.1. The Morgan fingerprint density at radius 3 is 1.94 bits per heavy atom. The number of amides is 7. The number of aromatic hydroxyl groups is 1. The largest absolute Gasteiger partial charge is 0.508 e. The second-order valence-corrected chi connectivity index (χ2v) is 14.2. The molecule has 7 atom stereocenters. The lowest BCUT2D eigenvalue weighted by molar-refractivity contribution is -0.141. The summed E-state index contributed by atoms with van der Waals surface area (Å²) >= 11 is 0. The summed E-state index contributed by atoms with van der Waals surface area (Å²) in [4.78, 5) is 103. The molecule has 0 radical (unpaired) electrons. The van der Waals surface area contributed by atoms with Gasteiger partial charge in [0.25, 0.3) is 0 Å². The van der Waals surface area contributed by atoms with Gasteiger partial charge in [0.15, 0.2) is 0 Å². The fourth-order valence-corrected chi connectivity index (χ4v) is 6.85. The number of phenolic OH excluding ortho intramolecular Hbond substituents is 1. The smallest absolute Gasteiger partial charge is 0.327 e. The number of benzene rings is 1. The minimum absolute atomic E-state index is 0.0240. The molecule has 1 saturated heterocycles. The van der Waals surface area contributed by atoms with Crippen molar-refractivity contribution in [3.8, 4) is 5.75 Å². The van der Waals surface area contributed by atoms with Gasteiger partial charge in [0.2, 0.25) is 41.4 Å². The number of hydrogen-bond donors (Lipinski definition) is 10. The number of carboxylic acids is 1. The van der Waals surface area contributed by atoms with Gasteiger partial charge >= 0.3 is 5.97 Å². The van der Waals surface area contributed by atoms with Crippen LogP contribution in [0.3, 0.4) is 0 Å². The zero-order chi connectivity index (χ0) is 37.5. The zero-order valence-electron chi connectivity index (χ0n) is 27.5. The van der Waals surface area contributed by atoms with Gasteiger partial charge in [-0.3, -0.25) is 33.6 Å². The van der Waals surface area contributed by atoms with Gasteiger partial charge in [0.05, 0.1) is 12.5 Å². The van der Waals surface area contributed by atoms with Crippen LogP contribution in [0.4, 0.5) is 0 Å².